The summed E-state index contributed by atoms with van der Waals surface area (Å²) < 4.78 is 5.85. The summed E-state index contributed by atoms with van der Waals surface area (Å²) >= 11 is 0. The Hall–Kier alpha value is -1.96. The molecule has 1 heterocycles. The second kappa shape index (κ2) is 3.56. The van der Waals surface area contributed by atoms with Crippen LogP contribution in [0.1, 0.15) is 17.7 Å². The molecule has 0 aliphatic heterocycles. The van der Waals surface area contributed by atoms with Crippen molar-refractivity contribution in [2.45, 2.75) is 12.8 Å². The smallest absolute Gasteiger partial charge is 0.157 e. The van der Waals surface area contributed by atoms with Gasteiger partial charge in [0, 0.05) is 17.4 Å². The number of hydrogen-bond acceptors (Lipinski definition) is 2. The van der Waals surface area contributed by atoms with Gasteiger partial charge in [0.05, 0.1) is 5.69 Å². The third-order valence-corrected chi connectivity index (χ3v) is 2.91. The molecular formula is C14H13NO. The van der Waals surface area contributed by atoms with Gasteiger partial charge in [0.2, 0.25) is 0 Å². The van der Waals surface area contributed by atoms with Crippen molar-refractivity contribution in [2.24, 2.45) is 0 Å². The van der Waals surface area contributed by atoms with E-state index in [0.29, 0.717) is 5.69 Å². The van der Waals surface area contributed by atoms with E-state index < -0.39 is 0 Å². The number of hydrogen-bond donors (Lipinski definition) is 1. The highest BCUT2D eigenvalue weighted by Crippen LogP contribution is 2.32. The van der Waals surface area contributed by atoms with Crippen molar-refractivity contribution in [3.8, 4) is 0 Å². The maximum atomic E-state index is 5.91. The standard InChI is InChI=1S/C14H13NO/c15-12-8-5-7-11-10-6-3-1-2-4-9-13(10)16-14(11)12/h1-3,5-8H,4,9,15H2/b2-1+,6-3?. The Morgan fingerprint density at radius 1 is 1.19 bits per heavy atom. The molecule has 0 spiro atoms. The minimum Gasteiger partial charge on any atom is -0.458 e. The van der Waals surface area contributed by atoms with Gasteiger partial charge in [-0.1, -0.05) is 36.4 Å². The molecule has 0 saturated heterocycles. The molecule has 2 nitrogen and oxygen atoms in total. The summed E-state index contributed by atoms with van der Waals surface area (Å²) in [4.78, 5) is 0. The van der Waals surface area contributed by atoms with Crippen LogP contribution in [-0.2, 0) is 6.42 Å². The number of furan rings is 1. The van der Waals surface area contributed by atoms with E-state index in [-0.39, 0.29) is 0 Å². The molecule has 16 heavy (non-hydrogen) atoms. The Kier molecular flexibility index (Phi) is 2.07. The maximum absolute atomic E-state index is 5.91. The number of allylic oxidation sites excluding steroid dienone is 3. The second-order valence-electron chi connectivity index (χ2n) is 3.99. The fraction of sp³-hybridized carbons (Fsp3) is 0.143. The van der Waals surface area contributed by atoms with Crippen LogP contribution in [0.3, 0.4) is 0 Å². The van der Waals surface area contributed by atoms with Crippen molar-refractivity contribution >= 4 is 22.7 Å². The number of nitrogens with two attached hydrogens (primary N) is 1. The molecule has 1 aliphatic rings. The first kappa shape index (κ1) is 9.28. The summed E-state index contributed by atoms with van der Waals surface area (Å²) in [6.07, 6.45) is 10.3. The summed E-state index contributed by atoms with van der Waals surface area (Å²) in [7, 11) is 0. The van der Waals surface area contributed by atoms with Crippen LogP contribution in [0.25, 0.3) is 17.0 Å². The van der Waals surface area contributed by atoms with Crippen LogP contribution in [0.5, 0.6) is 0 Å². The lowest BCUT2D eigenvalue weighted by Gasteiger charge is -1.98. The van der Waals surface area contributed by atoms with Gasteiger partial charge in [-0.3, -0.25) is 0 Å². The Labute approximate surface area is 94.1 Å². The molecule has 1 aromatic heterocycles. The first-order chi connectivity index (χ1) is 7.86. The Morgan fingerprint density at radius 2 is 2.12 bits per heavy atom. The molecule has 0 amide bonds. The average molecular weight is 211 g/mol. The van der Waals surface area contributed by atoms with Crippen molar-refractivity contribution in [2.75, 3.05) is 5.73 Å². The van der Waals surface area contributed by atoms with Crippen LogP contribution < -0.4 is 5.73 Å². The van der Waals surface area contributed by atoms with E-state index in [2.05, 4.69) is 30.4 Å². The summed E-state index contributed by atoms with van der Waals surface area (Å²) in [6, 6.07) is 5.90. The van der Waals surface area contributed by atoms with Gasteiger partial charge in [0.1, 0.15) is 5.76 Å². The van der Waals surface area contributed by atoms with E-state index in [4.69, 9.17) is 10.2 Å². The Bertz CT molecular complexity index is 590. The zero-order chi connectivity index (χ0) is 11.0. The summed E-state index contributed by atoms with van der Waals surface area (Å²) in [5.41, 5.74) is 8.62. The lowest BCUT2D eigenvalue weighted by atomic mass is 10.1. The third-order valence-electron chi connectivity index (χ3n) is 2.91. The highest BCUT2D eigenvalue weighted by molar-refractivity contribution is 5.95. The zero-order valence-corrected chi connectivity index (χ0v) is 8.94. The molecule has 2 N–H and O–H groups in total. The lowest BCUT2D eigenvalue weighted by molar-refractivity contribution is 0.549. The van der Waals surface area contributed by atoms with Crippen molar-refractivity contribution < 1.29 is 4.42 Å². The van der Waals surface area contributed by atoms with Gasteiger partial charge in [-0.25, -0.2) is 0 Å². The monoisotopic (exact) mass is 211 g/mol. The first-order valence-electron chi connectivity index (χ1n) is 5.49. The van der Waals surface area contributed by atoms with Gasteiger partial charge >= 0.3 is 0 Å². The van der Waals surface area contributed by atoms with Gasteiger partial charge in [-0.15, -0.1) is 0 Å². The van der Waals surface area contributed by atoms with E-state index in [9.17, 15) is 0 Å². The van der Waals surface area contributed by atoms with Crippen LogP contribution in [0.4, 0.5) is 5.69 Å². The average Bonchev–Trinajstić information content (AvgIpc) is 2.57. The Morgan fingerprint density at radius 3 is 3.06 bits per heavy atom. The predicted octanol–water partition coefficient (Wildman–Crippen LogP) is 3.53. The summed E-state index contributed by atoms with van der Waals surface area (Å²) in [5.74, 6) is 1.04. The SMILES string of the molecule is Nc1cccc2c3c(oc12)CC/C=C/C=C3. The van der Waals surface area contributed by atoms with Crippen LogP contribution in [0.2, 0.25) is 0 Å². The largest absolute Gasteiger partial charge is 0.458 e. The zero-order valence-electron chi connectivity index (χ0n) is 8.94. The van der Waals surface area contributed by atoms with E-state index in [0.717, 1.165) is 29.6 Å². The fourth-order valence-electron chi connectivity index (χ4n) is 2.12. The second-order valence-corrected chi connectivity index (χ2v) is 3.99. The maximum Gasteiger partial charge on any atom is 0.157 e. The quantitative estimate of drug-likeness (QED) is 0.677. The van der Waals surface area contributed by atoms with E-state index in [1.54, 1.807) is 0 Å². The number of aryl methyl sites for hydroxylation is 1. The number of fused-ring (bicyclic) bond motifs is 3. The molecule has 2 heteroatoms. The molecular weight excluding hydrogens is 198 g/mol. The molecule has 2 aromatic rings. The number of benzene rings is 1. The van der Waals surface area contributed by atoms with Crippen LogP contribution in [0, 0.1) is 0 Å². The molecule has 0 radical (unpaired) electrons. The molecule has 0 fully saturated rings. The van der Waals surface area contributed by atoms with Gasteiger partial charge in [0.25, 0.3) is 0 Å². The summed E-state index contributed by atoms with van der Waals surface area (Å²) in [5, 5.41) is 1.11. The molecule has 0 saturated carbocycles. The van der Waals surface area contributed by atoms with Gasteiger partial charge in [0.15, 0.2) is 5.58 Å². The number of nitrogen functional groups attached to an aromatic ring is 1. The van der Waals surface area contributed by atoms with Crippen molar-refractivity contribution in [3.05, 3.63) is 47.8 Å². The number of anilines is 1. The van der Waals surface area contributed by atoms with Crippen molar-refractivity contribution in [1.29, 1.82) is 0 Å². The highest BCUT2D eigenvalue weighted by atomic mass is 16.3. The lowest BCUT2D eigenvalue weighted by Crippen LogP contribution is -1.85. The molecule has 0 bridgehead atoms. The van der Waals surface area contributed by atoms with Gasteiger partial charge < -0.3 is 10.2 Å². The van der Waals surface area contributed by atoms with Crippen molar-refractivity contribution in [1.82, 2.24) is 0 Å². The number of para-hydroxylation sites is 1. The van der Waals surface area contributed by atoms with E-state index in [1.165, 1.54) is 5.56 Å². The molecule has 1 aliphatic carbocycles. The summed E-state index contributed by atoms with van der Waals surface area (Å²) in [6.45, 7) is 0. The highest BCUT2D eigenvalue weighted by Gasteiger charge is 2.13. The van der Waals surface area contributed by atoms with E-state index >= 15 is 0 Å². The van der Waals surface area contributed by atoms with Gasteiger partial charge in [-0.2, -0.15) is 0 Å². The van der Waals surface area contributed by atoms with Crippen LogP contribution >= 0.6 is 0 Å². The minimum absolute atomic E-state index is 0.714. The van der Waals surface area contributed by atoms with Crippen molar-refractivity contribution in [3.63, 3.8) is 0 Å². The predicted molar refractivity (Wildman–Crippen MR) is 67.1 cm³/mol. The molecule has 3 rings (SSSR count). The van der Waals surface area contributed by atoms with Crippen LogP contribution in [-0.4, -0.2) is 0 Å². The normalized spacial score (nSPS) is 16.8. The van der Waals surface area contributed by atoms with E-state index in [1.807, 2.05) is 12.1 Å². The molecule has 80 valence electrons. The van der Waals surface area contributed by atoms with Crippen LogP contribution in [0.15, 0.2) is 40.8 Å². The number of rotatable bonds is 0. The minimum atomic E-state index is 0.714. The fourth-order valence-corrected chi connectivity index (χ4v) is 2.12. The molecule has 0 unspecified atom stereocenters. The topological polar surface area (TPSA) is 39.2 Å². The first-order valence-corrected chi connectivity index (χ1v) is 5.49. The molecule has 1 aromatic carbocycles. The molecule has 0 atom stereocenters. The Balaban J connectivity index is 2.31. The van der Waals surface area contributed by atoms with Gasteiger partial charge in [-0.05, 0) is 12.5 Å². The third kappa shape index (κ3) is 1.34.